The number of thioether (sulfide) groups is 1. The van der Waals surface area contributed by atoms with E-state index in [4.69, 9.17) is 0 Å². The number of urea groups is 1. The number of rotatable bonds is 3. The molecular formula is C7H12N2O3P2S. The monoisotopic (exact) mass is 266 g/mol. The molecule has 1 aliphatic heterocycles. The van der Waals surface area contributed by atoms with Crippen LogP contribution in [-0.4, -0.2) is 38.7 Å². The van der Waals surface area contributed by atoms with E-state index < -0.39 is 6.04 Å². The molecular weight excluding hydrogens is 254 g/mol. The molecule has 0 bridgehead atoms. The first-order chi connectivity index (χ1) is 6.99. The van der Waals surface area contributed by atoms with Crippen LogP contribution in [-0.2, 0) is 9.59 Å². The fraction of sp³-hybridized carbons (Fsp3) is 0.571. The Labute approximate surface area is 96.8 Å². The van der Waals surface area contributed by atoms with E-state index in [1.54, 1.807) is 6.26 Å². The van der Waals surface area contributed by atoms with Gasteiger partial charge >= 0.3 is 6.03 Å². The minimum absolute atomic E-state index is 0.0239. The Morgan fingerprint density at radius 1 is 1.47 bits per heavy atom. The third-order valence-corrected chi connectivity index (χ3v) is 3.85. The molecule has 3 atom stereocenters. The lowest BCUT2D eigenvalue weighted by atomic mass is 10.2. The van der Waals surface area contributed by atoms with Crippen LogP contribution in [0.3, 0.4) is 0 Å². The molecule has 0 aliphatic carbocycles. The van der Waals surface area contributed by atoms with Gasteiger partial charge in [-0.3, -0.25) is 14.3 Å². The number of amides is 3. The number of hydrogen-bond donors (Lipinski definition) is 0. The maximum absolute atomic E-state index is 11.5. The lowest BCUT2D eigenvalue weighted by Crippen LogP contribution is -2.27. The van der Waals surface area contributed by atoms with E-state index in [-0.39, 0.29) is 17.1 Å². The summed E-state index contributed by atoms with van der Waals surface area (Å²) in [5, 5.41) is 0.0239. The van der Waals surface area contributed by atoms with Crippen molar-refractivity contribution in [2.24, 2.45) is 0 Å². The summed E-state index contributed by atoms with van der Waals surface area (Å²) in [6.45, 7) is 0. The zero-order valence-electron chi connectivity index (χ0n) is 8.17. The molecule has 1 fully saturated rings. The highest BCUT2D eigenvalue weighted by molar-refractivity contribution is 8.13. The summed E-state index contributed by atoms with van der Waals surface area (Å²) in [5.41, 5.74) is 0. The molecule has 1 saturated heterocycles. The summed E-state index contributed by atoms with van der Waals surface area (Å²) in [4.78, 5) is 33.9. The van der Waals surface area contributed by atoms with Crippen molar-refractivity contribution in [1.29, 1.82) is 0 Å². The van der Waals surface area contributed by atoms with Gasteiger partial charge in [0.05, 0.1) is 0 Å². The SMILES string of the molecule is CSC(=O)CCC1C(=O)N(P)C(=O)N1P. The first-order valence-corrected chi connectivity index (χ1v) is 6.48. The van der Waals surface area contributed by atoms with Crippen LogP contribution in [0.15, 0.2) is 0 Å². The van der Waals surface area contributed by atoms with Crippen LogP contribution in [0.1, 0.15) is 12.8 Å². The van der Waals surface area contributed by atoms with E-state index >= 15 is 0 Å². The molecule has 1 rings (SSSR count). The topological polar surface area (TPSA) is 57.7 Å². The Morgan fingerprint density at radius 3 is 2.47 bits per heavy atom. The van der Waals surface area contributed by atoms with Crippen molar-refractivity contribution in [3.8, 4) is 0 Å². The summed E-state index contributed by atoms with van der Waals surface area (Å²) in [5.74, 6) is -0.283. The molecule has 8 heteroatoms. The van der Waals surface area contributed by atoms with Crippen LogP contribution < -0.4 is 0 Å². The van der Waals surface area contributed by atoms with Gasteiger partial charge in [-0.1, -0.05) is 11.8 Å². The van der Waals surface area contributed by atoms with Crippen LogP contribution in [0, 0.1) is 0 Å². The molecule has 5 nitrogen and oxygen atoms in total. The van der Waals surface area contributed by atoms with Crippen molar-refractivity contribution in [3.63, 3.8) is 0 Å². The molecule has 3 amide bonds. The van der Waals surface area contributed by atoms with Gasteiger partial charge in [0, 0.05) is 6.42 Å². The number of imide groups is 1. The summed E-state index contributed by atoms with van der Waals surface area (Å²) in [6, 6.07) is -0.910. The second-order valence-corrected chi connectivity index (χ2v) is 4.97. The minimum Gasteiger partial charge on any atom is -0.296 e. The number of carbonyl (C=O) groups excluding carboxylic acids is 3. The average Bonchev–Trinajstić information content (AvgIpc) is 2.41. The van der Waals surface area contributed by atoms with Gasteiger partial charge in [0.2, 0.25) is 0 Å². The van der Waals surface area contributed by atoms with Gasteiger partial charge in [0.1, 0.15) is 6.04 Å². The zero-order valence-corrected chi connectivity index (χ0v) is 11.3. The van der Waals surface area contributed by atoms with Gasteiger partial charge in [0.25, 0.3) is 5.91 Å². The Morgan fingerprint density at radius 2 is 2.07 bits per heavy atom. The van der Waals surface area contributed by atoms with E-state index in [0.717, 1.165) is 16.4 Å². The van der Waals surface area contributed by atoms with Crippen molar-refractivity contribution >= 4 is 47.6 Å². The standard InChI is InChI=1S/C7H12N2O3P2S/c1-15-5(10)3-2-4-6(11)9(14)7(12)8(4)13/h4H,2-3,13-14H2,1H3. The summed E-state index contributed by atoms with van der Waals surface area (Å²) in [7, 11) is 4.28. The van der Waals surface area contributed by atoms with Gasteiger partial charge in [-0.15, -0.1) is 0 Å². The van der Waals surface area contributed by atoms with Gasteiger partial charge in [-0.05, 0) is 31.5 Å². The average molecular weight is 266 g/mol. The number of nitrogens with zero attached hydrogens (tertiary/aromatic N) is 2. The number of hydrogen-bond acceptors (Lipinski definition) is 4. The second kappa shape index (κ2) is 5.24. The molecule has 1 heterocycles. The Hall–Kier alpha value is -0.180. The Balaban J connectivity index is 2.59. The third-order valence-electron chi connectivity index (χ3n) is 2.13. The lowest BCUT2D eigenvalue weighted by Gasteiger charge is -2.14. The van der Waals surface area contributed by atoms with Gasteiger partial charge in [0.15, 0.2) is 5.12 Å². The molecule has 0 aromatic heterocycles. The van der Waals surface area contributed by atoms with E-state index in [1.807, 2.05) is 0 Å². The summed E-state index contributed by atoms with van der Waals surface area (Å²) in [6.07, 6.45) is 2.37. The molecule has 0 N–H and O–H groups in total. The molecule has 0 radical (unpaired) electrons. The number of carbonyl (C=O) groups is 3. The molecule has 84 valence electrons. The highest BCUT2D eigenvalue weighted by Crippen LogP contribution is 2.27. The highest BCUT2D eigenvalue weighted by atomic mass is 32.2. The molecule has 3 unspecified atom stereocenters. The highest BCUT2D eigenvalue weighted by Gasteiger charge is 2.40. The zero-order chi connectivity index (χ0) is 11.6. The molecule has 0 aromatic rings. The smallest absolute Gasteiger partial charge is 0.296 e. The van der Waals surface area contributed by atoms with Crippen LogP contribution >= 0.6 is 30.5 Å². The third kappa shape index (κ3) is 2.68. The van der Waals surface area contributed by atoms with E-state index in [2.05, 4.69) is 18.8 Å². The van der Waals surface area contributed by atoms with Crippen LogP contribution in [0.4, 0.5) is 4.79 Å². The molecule has 1 aliphatic rings. The van der Waals surface area contributed by atoms with E-state index in [9.17, 15) is 14.4 Å². The van der Waals surface area contributed by atoms with Crippen LogP contribution in [0.2, 0.25) is 0 Å². The molecule has 0 aromatic carbocycles. The Bertz CT molecular complexity index is 313. The van der Waals surface area contributed by atoms with Gasteiger partial charge in [-0.25, -0.2) is 9.46 Å². The molecule has 0 spiro atoms. The molecule has 0 saturated carbocycles. The fourth-order valence-electron chi connectivity index (χ4n) is 1.25. The fourth-order valence-corrected chi connectivity index (χ4v) is 2.41. The first-order valence-electron chi connectivity index (χ1n) is 4.22. The first kappa shape index (κ1) is 12.9. The largest absolute Gasteiger partial charge is 0.333 e. The van der Waals surface area contributed by atoms with Crippen molar-refractivity contribution in [2.45, 2.75) is 18.9 Å². The van der Waals surface area contributed by atoms with E-state index in [0.29, 0.717) is 12.8 Å². The van der Waals surface area contributed by atoms with Gasteiger partial charge in [-0.2, -0.15) is 0 Å². The molecule has 15 heavy (non-hydrogen) atoms. The van der Waals surface area contributed by atoms with Gasteiger partial charge < -0.3 is 0 Å². The summed E-state index contributed by atoms with van der Waals surface area (Å²) >= 11 is 1.13. The van der Waals surface area contributed by atoms with Crippen molar-refractivity contribution in [2.75, 3.05) is 6.26 Å². The van der Waals surface area contributed by atoms with Crippen LogP contribution in [0.25, 0.3) is 0 Å². The lowest BCUT2D eigenvalue weighted by molar-refractivity contribution is -0.124. The normalized spacial score (nSPS) is 21.4. The predicted molar refractivity (Wildman–Crippen MR) is 65.0 cm³/mol. The maximum atomic E-state index is 11.5. The predicted octanol–water partition coefficient (Wildman–Crippen LogP) is 0.869. The summed E-state index contributed by atoms with van der Waals surface area (Å²) < 4.78 is 2.27. The van der Waals surface area contributed by atoms with Crippen molar-refractivity contribution < 1.29 is 14.4 Å². The maximum Gasteiger partial charge on any atom is 0.333 e. The van der Waals surface area contributed by atoms with Crippen molar-refractivity contribution in [3.05, 3.63) is 0 Å². The Kier molecular flexibility index (Phi) is 4.50. The van der Waals surface area contributed by atoms with Crippen molar-refractivity contribution in [1.82, 2.24) is 9.34 Å². The quantitative estimate of drug-likeness (QED) is 0.562. The van der Waals surface area contributed by atoms with E-state index in [1.165, 1.54) is 4.67 Å². The minimum atomic E-state index is -0.531. The van der Waals surface area contributed by atoms with Crippen LogP contribution in [0.5, 0.6) is 0 Å². The second-order valence-electron chi connectivity index (χ2n) is 3.03.